The van der Waals surface area contributed by atoms with Crippen molar-refractivity contribution >= 4 is 0 Å². The first kappa shape index (κ1) is 14.3. The van der Waals surface area contributed by atoms with E-state index in [0.29, 0.717) is 12.0 Å². The van der Waals surface area contributed by atoms with E-state index in [0.717, 1.165) is 25.9 Å². The van der Waals surface area contributed by atoms with E-state index in [-0.39, 0.29) is 11.2 Å². The zero-order chi connectivity index (χ0) is 13.2. The molecule has 1 saturated heterocycles. The SMILES string of the molecule is COC(C)(C)CC(NN)C1CCOC2(CCC2)C1. The van der Waals surface area contributed by atoms with E-state index < -0.39 is 0 Å². The number of ether oxygens (including phenoxy) is 2. The van der Waals surface area contributed by atoms with Gasteiger partial charge in [-0.25, -0.2) is 0 Å². The molecule has 0 amide bonds. The quantitative estimate of drug-likeness (QED) is 0.583. The lowest BCUT2D eigenvalue weighted by Gasteiger charge is -2.49. The zero-order valence-corrected chi connectivity index (χ0v) is 12.0. The molecule has 0 radical (unpaired) electrons. The lowest BCUT2D eigenvalue weighted by atomic mass is 9.69. The van der Waals surface area contributed by atoms with E-state index in [1.54, 1.807) is 7.11 Å². The molecule has 18 heavy (non-hydrogen) atoms. The van der Waals surface area contributed by atoms with Crippen molar-refractivity contribution in [2.75, 3.05) is 13.7 Å². The number of nitrogens with one attached hydrogen (secondary N) is 1. The zero-order valence-electron chi connectivity index (χ0n) is 12.0. The van der Waals surface area contributed by atoms with Crippen LogP contribution in [-0.2, 0) is 9.47 Å². The summed E-state index contributed by atoms with van der Waals surface area (Å²) < 4.78 is 11.5. The molecule has 2 rings (SSSR count). The molecule has 3 N–H and O–H groups in total. The van der Waals surface area contributed by atoms with Gasteiger partial charge in [0.05, 0.1) is 11.2 Å². The van der Waals surface area contributed by atoms with Crippen LogP contribution in [-0.4, -0.2) is 31.0 Å². The first-order chi connectivity index (χ1) is 8.50. The van der Waals surface area contributed by atoms with Crippen LogP contribution < -0.4 is 11.3 Å². The summed E-state index contributed by atoms with van der Waals surface area (Å²) in [5, 5.41) is 0. The molecule has 106 valence electrons. The summed E-state index contributed by atoms with van der Waals surface area (Å²) in [7, 11) is 1.77. The maximum Gasteiger partial charge on any atom is 0.0685 e. The Balaban J connectivity index is 1.94. The predicted molar refractivity (Wildman–Crippen MR) is 72.1 cm³/mol. The summed E-state index contributed by atoms with van der Waals surface area (Å²) in [6, 6.07) is 0.321. The molecule has 1 saturated carbocycles. The maximum atomic E-state index is 5.98. The highest BCUT2D eigenvalue weighted by Crippen LogP contribution is 2.45. The molecular weight excluding hydrogens is 228 g/mol. The Hall–Kier alpha value is -0.160. The van der Waals surface area contributed by atoms with Gasteiger partial charge in [0, 0.05) is 19.8 Å². The molecular formula is C14H28N2O2. The van der Waals surface area contributed by atoms with Crippen LogP contribution in [0.15, 0.2) is 0 Å². The average molecular weight is 256 g/mol. The Morgan fingerprint density at radius 2 is 2.22 bits per heavy atom. The minimum absolute atomic E-state index is 0.123. The fourth-order valence-corrected chi connectivity index (χ4v) is 3.30. The normalized spacial score (nSPS) is 29.0. The van der Waals surface area contributed by atoms with Gasteiger partial charge >= 0.3 is 0 Å². The van der Waals surface area contributed by atoms with Gasteiger partial charge in [0.2, 0.25) is 0 Å². The van der Waals surface area contributed by atoms with Crippen LogP contribution in [0, 0.1) is 5.92 Å². The van der Waals surface area contributed by atoms with Crippen molar-refractivity contribution in [2.45, 2.75) is 69.6 Å². The van der Waals surface area contributed by atoms with Crippen molar-refractivity contribution in [1.29, 1.82) is 0 Å². The number of hydrogen-bond donors (Lipinski definition) is 2. The number of methoxy groups -OCH3 is 1. The third kappa shape index (κ3) is 3.05. The van der Waals surface area contributed by atoms with Crippen LogP contribution in [0.3, 0.4) is 0 Å². The second-order valence-corrected chi connectivity index (χ2v) is 6.58. The van der Waals surface area contributed by atoms with Crippen molar-refractivity contribution in [3.05, 3.63) is 0 Å². The monoisotopic (exact) mass is 256 g/mol. The molecule has 0 bridgehead atoms. The number of rotatable bonds is 5. The maximum absolute atomic E-state index is 5.98. The number of hydrogen-bond acceptors (Lipinski definition) is 4. The highest BCUT2D eigenvalue weighted by atomic mass is 16.5. The second kappa shape index (κ2) is 5.45. The van der Waals surface area contributed by atoms with Crippen LogP contribution in [0.25, 0.3) is 0 Å². The van der Waals surface area contributed by atoms with E-state index in [4.69, 9.17) is 15.3 Å². The summed E-state index contributed by atoms with van der Waals surface area (Å²) in [6.45, 7) is 5.13. The van der Waals surface area contributed by atoms with Crippen molar-refractivity contribution in [3.8, 4) is 0 Å². The fourth-order valence-electron chi connectivity index (χ4n) is 3.30. The molecule has 4 nitrogen and oxygen atoms in total. The van der Waals surface area contributed by atoms with Gasteiger partial charge in [0.15, 0.2) is 0 Å². The highest BCUT2D eigenvalue weighted by Gasteiger charge is 2.44. The highest BCUT2D eigenvalue weighted by molar-refractivity contribution is 4.97. The van der Waals surface area contributed by atoms with Gasteiger partial charge in [-0.2, -0.15) is 0 Å². The predicted octanol–water partition coefficient (Wildman–Crippen LogP) is 1.98. The summed E-state index contributed by atoms with van der Waals surface area (Å²) in [5.41, 5.74) is 3.08. The number of nitrogens with two attached hydrogens (primary N) is 1. The van der Waals surface area contributed by atoms with Gasteiger partial charge in [-0.1, -0.05) is 0 Å². The van der Waals surface area contributed by atoms with Crippen LogP contribution in [0.1, 0.15) is 52.4 Å². The molecule has 2 aliphatic rings. The first-order valence-electron chi connectivity index (χ1n) is 7.15. The molecule has 1 heterocycles. The number of hydrazine groups is 1. The van der Waals surface area contributed by atoms with E-state index in [1.807, 2.05) is 0 Å². The van der Waals surface area contributed by atoms with Crippen LogP contribution in [0.4, 0.5) is 0 Å². The largest absolute Gasteiger partial charge is 0.379 e. The minimum atomic E-state index is -0.123. The van der Waals surface area contributed by atoms with E-state index in [9.17, 15) is 0 Å². The van der Waals surface area contributed by atoms with Crippen LogP contribution >= 0.6 is 0 Å². The topological polar surface area (TPSA) is 56.5 Å². The molecule has 1 spiro atoms. The van der Waals surface area contributed by atoms with Gasteiger partial charge in [-0.3, -0.25) is 11.3 Å². The molecule has 2 fully saturated rings. The standard InChI is InChI=1S/C14H28N2O2/c1-13(2,17-3)10-12(16-15)11-5-8-18-14(9-11)6-4-7-14/h11-12,16H,4-10,15H2,1-3H3. The van der Waals surface area contributed by atoms with E-state index in [2.05, 4.69) is 19.3 Å². The Bertz CT molecular complexity index is 275. The molecule has 1 aliphatic carbocycles. The third-order valence-electron chi connectivity index (χ3n) is 4.84. The summed E-state index contributed by atoms with van der Waals surface area (Å²) >= 11 is 0. The molecule has 2 atom stereocenters. The van der Waals surface area contributed by atoms with Crippen molar-refractivity contribution in [3.63, 3.8) is 0 Å². The van der Waals surface area contributed by atoms with Crippen molar-refractivity contribution in [2.24, 2.45) is 11.8 Å². The molecule has 0 aromatic rings. The summed E-state index contributed by atoms with van der Waals surface area (Å²) in [4.78, 5) is 0. The summed E-state index contributed by atoms with van der Waals surface area (Å²) in [5.74, 6) is 6.38. The fraction of sp³-hybridized carbons (Fsp3) is 1.00. The van der Waals surface area contributed by atoms with Gasteiger partial charge < -0.3 is 9.47 Å². The Morgan fingerprint density at radius 1 is 1.50 bits per heavy atom. The second-order valence-electron chi connectivity index (χ2n) is 6.58. The van der Waals surface area contributed by atoms with Gasteiger partial charge in [-0.05, 0) is 58.3 Å². The third-order valence-corrected chi connectivity index (χ3v) is 4.84. The minimum Gasteiger partial charge on any atom is -0.379 e. The molecule has 2 unspecified atom stereocenters. The van der Waals surface area contributed by atoms with Gasteiger partial charge in [0.1, 0.15) is 0 Å². The summed E-state index contributed by atoms with van der Waals surface area (Å²) in [6.07, 6.45) is 6.98. The van der Waals surface area contributed by atoms with Gasteiger partial charge in [0.25, 0.3) is 0 Å². The van der Waals surface area contributed by atoms with Crippen LogP contribution in [0.5, 0.6) is 0 Å². The van der Waals surface area contributed by atoms with Crippen molar-refractivity contribution < 1.29 is 9.47 Å². The lowest BCUT2D eigenvalue weighted by molar-refractivity contribution is -0.149. The Labute approximate surface area is 111 Å². The lowest BCUT2D eigenvalue weighted by Crippen LogP contribution is -2.53. The van der Waals surface area contributed by atoms with Gasteiger partial charge in [-0.15, -0.1) is 0 Å². The molecule has 0 aromatic heterocycles. The smallest absolute Gasteiger partial charge is 0.0685 e. The molecule has 0 aromatic carbocycles. The van der Waals surface area contributed by atoms with Crippen LogP contribution in [0.2, 0.25) is 0 Å². The Kier molecular flexibility index (Phi) is 4.32. The first-order valence-corrected chi connectivity index (χ1v) is 7.15. The van der Waals surface area contributed by atoms with E-state index in [1.165, 1.54) is 19.3 Å². The molecule has 4 heteroatoms. The van der Waals surface area contributed by atoms with Crippen molar-refractivity contribution in [1.82, 2.24) is 5.43 Å². The van der Waals surface area contributed by atoms with E-state index >= 15 is 0 Å². The molecule has 1 aliphatic heterocycles. The Morgan fingerprint density at radius 3 is 2.72 bits per heavy atom. The average Bonchev–Trinajstić information content (AvgIpc) is 2.34.